The van der Waals surface area contributed by atoms with Gasteiger partial charge in [0.1, 0.15) is 12.4 Å². The molecule has 7 heteroatoms. The van der Waals surface area contributed by atoms with Gasteiger partial charge in [-0.2, -0.15) is 5.10 Å². The van der Waals surface area contributed by atoms with Crippen molar-refractivity contribution in [1.29, 1.82) is 0 Å². The maximum absolute atomic E-state index is 12.1. The molecule has 3 rings (SSSR count). The number of benzene rings is 3. The molecule has 1 N–H and O–H groups in total. The number of hydrazone groups is 1. The Hall–Kier alpha value is -1.96. The van der Waals surface area contributed by atoms with E-state index in [4.69, 9.17) is 4.74 Å². The normalized spacial score (nSPS) is 10.8. The van der Waals surface area contributed by atoms with Crippen LogP contribution in [0.5, 0.6) is 5.75 Å². The quantitative estimate of drug-likeness (QED) is 0.280. The highest BCUT2D eigenvalue weighted by atomic mass is 79.9. The number of ether oxygens (including phenoxy) is 1. The summed E-state index contributed by atoms with van der Waals surface area (Å²) in [5, 5.41) is 4.02. The van der Waals surface area contributed by atoms with E-state index in [2.05, 4.69) is 58.3 Å². The lowest BCUT2D eigenvalue weighted by Gasteiger charge is -2.09. The van der Waals surface area contributed by atoms with Gasteiger partial charge in [0, 0.05) is 8.95 Å². The third-order valence-corrected chi connectivity index (χ3v) is 5.60. The molecule has 142 valence electrons. The molecule has 0 saturated heterocycles. The SMILES string of the molecule is O=C(N/N=C\c1ccc(OCc2ccc(Br)cc2)c(Br)c1)c1ccccc1Br. The summed E-state index contributed by atoms with van der Waals surface area (Å²) in [7, 11) is 0. The molecule has 0 atom stereocenters. The summed E-state index contributed by atoms with van der Waals surface area (Å²) in [6, 6.07) is 20.8. The van der Waals surface area contributed by atoms with Gasteiger partial charge in [0.05, 0.1) is 16.3 Å². The summed E-state index contributed by atoms with van der Waals surface area (Å²) in [6.07, 6.45) is 1.58. The number of nitrogens with one attached hydrogen (secondary N) is 1. The highest BCUT2D eigenvalue weighted by molar-refractivity contribution is 9.11. The average molecular weight is 567 g/mol. The topological polar surface area (TPSA) is 50.7 Å². The standard InChI is InChI=1S/C21H15Br3N2O2/c22-16-8-5-14(6-9-16)13-28-20-10-7-15(11-19(20)24)12-25-26-21(27)17-3-1-2-4-18(17)23/h1-12H,13H2,(H,26,27)/b25-12-. The molecule has 1 amide bonds. The van der Waals surface area contributed by atoms with Crippen molar-refractivity contribution in [3.05, 3.63) is 96.8 Å². The Balaban J connectivity index is 1.59. The molecule has 0 radical (unpaired) electrons. The van der Waals surface area contributed by atoms with Gasteiger partial charge in [-0.15, -0.1) is 0 Å². The van der Waals surface area contributed by atoms with Crippen LogP contribution in [0.2, 0.25) is 0 Å². The number of halogens is 3. The van der Waals surface area contributed by atoms with Gasteiger partial charge in [0.15, 0.2) is 0 Å². The maximum Gasteiger partial charge on any atom is 0.272 e. The van der Waals surface area contributed by atoms with Crippen molar-refractivity contribution in [3.63, 3.8) is 0 Å². The number of hydrogen-bond acceptors (Lipinski definition) is 3. The molecule has 3 aromatic carbocycles. The molecule has 0 heterocycles. The van der Waals surface area contributed by atoms with Crippen molar-refractivity contribution >= 4 is 59.9 Å². The molecule has 0 aromatic heterocycles. The van der Waals surface area contributed by atoms with Crippen LogP contribution >= 0.6 is 47.8 Å². The largest absolute Gasteiger partial charge is 0.488 e. The molecule has 0 unspecified atom stereocenters. The van der Waals surface area contributed by atoms with E-state index < -0.39 is 0 Å². The monoisotopic (exact) mass is 564 g/mol. The first-order chi connectivity index (χ1) is 13.5. The fourth-order valence-electron chi connectivity index (χ4n) is 2.33. The zero-order valence-corrected chi connectivity index (χ0v) is 19.3. The van der Waals surface area contributed by atoms with E-state index in [9.17, 15) is 4.79 Å². The van der Waals surface area contributed by atoms with E-state index in [0.717, 1.165) is 30.3 Å². The Labute approximate surface area is 188 Å². The van der Waals surface area contributed by atoms with E-state index in [1.165, 1.54) is 0 Å². The molecule has 0 aliphatic carbocycles. The number of hydrogen-bond donors (Lipinski definition) is 1. The van der Waals surface area contributed by atoms with Crippen LogP contribution in [0.1, 0.15) is 21.5 Å². The number of carbonyl (C=O) groups is 1. The van der Waals surface area contributed by atoms with Crippen molar-refractivity contribution in [2.24, 2.45) is 5.10 Å². The minimum absolute atomic E-state index is 0.280. The zero-order valence-electron chi connectivity index (χ0n) is 14.5. The molecule has 0 fully saturated rings. The van der Waals surface area contributed by atoms with E-state index in [1.807, 2.05) is 54.6 Å². The summed E-state index contributed by atoms with van der Waals surface area (Å²) in [5.41, 5.74) is 4.96. The van der Waals surface area contributed by atoms with Crippen LogP contribution in [0.4, 0.5) is 0 Å². The van der Waals surface area contributed by atoms with Gasteiger partial charge >= 0.3 is 0 Å². The van der Waals surface area contributed by atoms with Crippen LogP contribution in [0.3, 0.4) is 0 Å². The van der Waals surface area contributed by atoms with Crippen LogP contribution in [0.15, 0.2) is 85.2 Å². The fourth-order valence-corrected chi connectivity index (χ4v) is 3.57. The van der Waals surface area contributed by atoms with E-state index in [1.54, 1.807) is 18.3 Å². The Morgan fingerprint density at radius 1 is 0.964 bits per heavy atom. The average Bonchev–Trinajstić information content (AvgIpc) is 2.69. The second-order valence-corrected chi connectivity index (χ2v) is 8.41. The van der Waals surface area contributed by atoms with E-state index in [0.29, 0.717) is 12.2 Å². The fraction of sp³-hybridized carbons (Fsp3) is 0.0476. The molecule has 0 saturated carbocycles. The highest BCUT2D eigenvalue weighted by Crippen LogP contribution is 2.26. The van der Waals surface area contributed by atoms with Gasteiger partial charge < -0.3 is 4.74 Å². The molecule has 0 aliphatic rings. The Bertz CT molecular complexity index is 1000. The van der Waals surface area contributed by atoms with Crippen molar-refractivity contribution in [2.75, 3.05) is 0 Å². The van der Waals surface area contributed by atoms with Crippen molar-refractivity contribution in [2.45, 2.75) is 6.61 Å². The van der Waals surface area contributed by atoms with Gasteiger partial charge in [0.25, 0.3) is 5.91 Å². The minimum atomic E-state index is -0.280. The summed E-state index contributed by atoms with van der Waals surface area (Å²) in [4.78, 5) is 12.1. The third kappa shape index (κ3) is 5.77. The summed E-state index contributed by atoms with van der Waals surface area (Å²) in [5.74, 6) is 0.453. The number of nitrogens with zero attached hydrogens (tertiary/aromatic N) is 1. The lowest BCUT2D eigenvalue weighted by Crippen LogP contribution is -2.18. The van der Waals surface area contributed by atoms with Crippen LogP contribution in [0, 0.1) is 0 Å². The summed E-state index contributed by atoms with van der Waals surface area (Å²) >= 11 is 10.3. The predicted molar refractivity (Wildman–Crippen MR) is 122 cm³/mol. The molecule has 28 heavy (non-hydrogen) atoms. The first-order valence-electron chi connectivity index (χ1n) is 8.27. The summed E-state index contributed by atoms with van der Waals surface area (Å²) in [6.45, 7) is 0.474. The molecule has 0 aliphatic heterocycles. The van der Waals surface area contributed by atoms with Crippen molar-refractivity contribution in [3.8, 4) is 5.75 Å². The van der Waals surface area contributed by atoms with Crippen LogP contribution in [-0.4, -0.2) is 12.1 Å². The van der Waals surface area contributed by atoms with Gasteiger partial charge in [-0.25, -0.2) is 5.43 Å². The first kappa shape index (κ1) is 20.8. The van der Waals surface area contributed by atoms with Gasteiger partial charge in [0.2, 0.25) is 0 Å². The highest BCUT2D eigenvalue weighted by Gasteiger charge is 2.07. The predicted octanol–water partition coefficient (Wildman–Crippen LogP) is 6.32. The Kier molecular flexibility index (Phi) is 7.42. The van der Waals surface area contributed by atoms with Crippen molar-refractivity contribution < 1.29 is 9.53 Å². The maximum atomic E-state index is 12.1. The number of amides is 1. The second-order valence-electron chi connectivity index (χ2n) is 5.78. The van der Waals surface area contributed by atoms with E-state index >= 15 is 0 Å². The Morgan fingerprint density at radius 2 is 1.71 bits per heavy atom. The molecule has 0 spiro atoms. The van der Waals surface area contributed by atoms with Crippen molar-refractivity contribution in [1.82, 2.24) is 5.43 Å². The Morgan fingerprint density at radius 3 is 2.43 bits per heavy atom. The minimum Gasteiger partial charge on any atom is -0.488 e. The van der Waals surface area contributed by atoms with E-state index in [-0.39, 0.29) is 5.91 Å². The van der Waals surface area contributed by atoms with Crippen LogP contribution in [0.25, 0.3) is 0 Å². The van der Waals surface area contributed by atoms with Gasteiger partial charge in [-0.05, 0) is 85.5 Å². The zero-order chi connectivity index (χ0) is 19.9. The third-order valence-electron chi connectivity index (χ3n) is 3.76. The van der Waals surface area contributed by atoms with Crippen LogP contribution in [-0.2, 0) is 6.61 Å². The molecular weight excluding hydrogens is 552 g/mol. The number of carbonyl (C=O) groups excluding carboxylic acids is 1. The lowest BCUT2D eigenvalue weighted by atomic mass is 10.2. The number of rotatable bonds is 6. The molecular formula is C21H15Br3N2O2. The lowest BCUT2D eigenvalue weighted by molar-refractivity contribution is 0.0954. The smallest absolute Gasteiger partial charge is 0.272 e. The first-order valence-corrected chi connectivity index (χ1v) is 10.7. The van der Waals surface area contributed by atoms with Gasteiger partial charge in [-0.1, -0.05) is 40.2 Å². The molecule has 0 bridgehead atoms. The summed E-state index contributed by atoms with van der Waals surface area (Å²) < 4.78 is 8.42. The molecule has 3 aromatic rings. The molecule has 4 nitrogen and oxygen atoms in total. The van der Waals surface area contributed by atoms with Crippen LogP contribution < -0.4 is 10.2 Å². The second kappa shape index (κ2) is 10.0. The van der Waals surface area contributed by atoms with Gasteiger partial charge in [-0.3, -0.25) is 4.79 Å².